The van der Waals surface area contributed by atoms with Crippen LogP contribution in [-0.4, -0.2) is 29.8 Å². The third-order valence-electron chi connectivity index (χ3n) is 4.81. The second-order valence-electron chi connectivity index (χ2n) is 6.38. The Labute approximate surface area is 147 Å². The van der Waals surface area contributed by atoms with Crippen LogP contribution < -0.4 is 4.90 Å². The van der Waals surface area contributed by atoms with Gasteiger partial charge >= 0.3 is 0 Å². The number of hydrogen-bond donors (Lipinski definition) is 0. The molecule has 0 fully saturated rings. The van der Waals surface area contributed by atoms with Crippen molar-refractivity contribution in [3.8, 4) is 0 Å². The first kappa shape index (κ1) is 15.6. The first-order valence-electron chi connectivity index (χ1n) is 8.73. The van der Waals surface area contributed by atoms with E-state index in [1.165, 1.54) is 10.5 Å². The second kappa shape index (κ2) is 6.20. The highest BCUT2D eigenvalue weighted by Crippen LogP contribution is 2.38. The van der Waals surface area contributed by atoms with Crippen molar-refractivity contribution in [2.45, 2.75) is 19.8 Å². The highest BCUT2D eigenvalue weighted by molar-refractivity contribution is 6.36. The number of benzene rings is 2. The van der Waals surface area contributed by atoms with Gasteiger partial charge in [-0.1, -0.05) is 55.5 Å². The number of para-hydroxylation sites is 1. The molecule has 0 unspecified atom stereocenters. The van der Waals surface area contributed by atoms with Gasteiger partial charge in [0.1, 0.15) is 5.70 Å². The van der Waals surface area contributed by atoms with Crippen molar-refractivity contribution in [1.82, 2.24) is 4.90 Å². The number of imide groups is 1. The number of amides is 2. The van der Waals surface area contributed by atoms with Gasteiger partial charge in [0.05, 0.1) is 5.57 Å². The van der Waals surface area contributed by atoms with Gasteiger partial charge in [-0.05, 0) is 30.0 Å². The van der Waals surface area contributed by atoms with Gasteiger partial charge in [-0.3, -0.25) is 14.5 Å². The van der Waals surface area contributed by atoms with Crippen molar-refractivity contribution >= 4 is 23.1 Å². The lowest BCUT2D eigenvalue weighted by Gasteiger charge is -2.21. The van der Waals surface area contributed by atoms with Gasteiger partial charge < -0.3 is 4.90 Å². The Morgan fingerprint density at radius 2 is 1.64 bits per heavy atom. The van der Waals surface area contributed by atoms with Gasteiger partial charge in [0.25, 0.3) is 11.8 Å². The maximum atomic E-state index is 13.1. The Hall–Kier alpha value is -2.88. The van der Waals surface area contributed by atoms with Gasteiger partial charge in [0, 0.05) is 18.8 Å². The normalized spacial score (nSPS) is 16.8. The summed E-state index contributed by atoms with van der Waals surface area (Å²) in [5.74, 6) is -0.361. The maximum Gasteiger partial charge on any atom is 0.278 e. The first-order valence-corrected chi connectivity index (χ1v) is 8.73. The number of nitrogens with zero attached hydrogens (tertiary/aromatic N) is 2. The number of rotatable bonds is 4. The summed E-state index contributed by atoms with van der Waals surface area (Å²) in [5, 5.41) is 0. The smallest absolute Gasteiger partial charge is 0.278 e. The second-order valence-corrected chi connectivity index (χ2v) is 6.38. The summed E-state index contributed by atoms with van der Waals surface area (Å²) >= 11 is 0. The molecule has 0 bridgehead atoms. The minimum Gasteiger partial charge on any atom is -0.336 e. The Morgan fingerprint density at radius 3 is 2.40 bits per heavy atom. The first-order chi connectivity index (χ1) is 12.2. The highest BCUT2D eigenvalue weighted by atomic mass is 16.2. The zero-order valence-electron chi connectivity index (χ0n) is 14.2. The molecule has 0 N–H and O–H groups in total. The third kappa shape index (κ3) is 2.45. The summed E-state index contributed by atoms with van der Waals surface area (Å²) in [6.07, 6.45) is 1.64. The van der Waals surface area contributed by atoms with Crippen LogP contribution in [0.5, 0.6) is 0 Å². The Morgan fingerprint density at radius 1 is 0.920 bits per heavy atom. The molecule has 2 heterocycles. The van der Waals surface area contributed by atoms with Crippen molar-refractivity contribution in [2.75, 3.05) is 18.0 Å². The molecule has 4 rings (SSSR count). The highest BCUT2D eigenvalue weighted by Gasteiger charge is 2.42. The van der Waals surface area contributed by atoms with Crippen molar-refractivity contribution in [3.63, 3.8) is 0 Å². The molecule has 0 atom stereocenters. The molecule has 0 aromatic heterocycles. The molecule has 126 valence electrons. The topological polar surface area (TPSA) is 40.6 Å². The van der Waals surface area contributed by atoms with Gasteiger partial charge in [-0.25, -0.2) is 0 Å². The fraction of sp³-hybridized carbons (Fsp3) is 0.238. The lowest BCUT2D eigenvalue weighted by molar-refractivity contribution is -0.136. The molecule has 2 aromatic carbocycles. The molecular weight excluding hydrogens is 312 g/mol. The number of anilines is 1. The number of fused-ring (bicyclic) bond motifs is 1. The zero-order chi connectivity index (χ0) is 17.4. The molecular formula is C21H20N2O2. The van der Waals surface area contributed by atoms with E-state index in [9.17, 15) is 9.59 Å². The van der Waals surface area contributed by atoms with E-state index in [-0.39, 0.29) is 11.8 Å². The van der Waals surface area contributed by atoms with Crippen molar-refractivity contribution < 1.29 is 9.59 Å². The average Bonchev–Trinajstić information content (AvgIpc) is 3.17. The molecule has 0 saturated heterocycles. The van der Waals surface area contributed by atoms with Gasteiger partial charge in [0.15, 0.2) is 0 Å². The van der Waals surface area contributed by atoms with E-state index in [0.717, 1.165) is 30.6 Å². The van der Waals surface area contributed by atoms with Crippen LogP contribution in [0.25, 0.3) is 5.57 Å². The number of carbonyl (C=O) groups is 2. The van der Waals surface area contributed by atoms with Gasteiger partial charge in [-0.15, -0.1) is 0 Å². The van der Waals surface area contributed by atoms with E-state index >= 15 is 0 Å². The summed E-state index contributed by atoms with van der Waals surface area (Å²) in [6, 6.07) is 17.6. The molecule has 0 saturated carbocycles. The van der Waals surface area contributed by atoms with E-state index in [1.54, 1.807) is 0 Å². The minimum absolute atomic E-state index is 0.178. The lowest BCUT2D eigenvalue weighted by atomic mass is 10.0. The summed E-state index contributed by atoms with van der Waals surface area (Å²) in [4.78, 5) is 29.5. The molecule has 2 aromatic rings. The summed E-state index contributed by atoms with van der Waals surface area (Å²) < 4.78 is 0. The van der Waals surface area contributed by atoms with Gasteiger partial charge in [0.2, 0.25) is 0 Å². The van der Waals surface area contributed by atoms with Gasteiger partial charge in [-0.2, -0.15) is 0 Å². The molecule has 2 aliphatic rings. The van der Waals surface area contributed by atoms with Crippen LogP contribution in [-0.2, 0) is 16.0 Å². The Balaban J connectivity index is 1.87. The predicted octanol–water partition coefficient (Wildman–Crippen LogP) is 3.24. The minimum atomic E-state index is -0.183. The maximum absolute atomic E-state index is 13.1. The molecule has 2 amide bonds. The lowest BCUT2D eigenvalue weighted by Crippen LogP contribution is -2.35. The van der Waals surface area contributed by atoms with Crippen LogP contribution in [0.4, 0.5) is 5.69 Å². The van der Waals surface area contributed by atoms with Crippen LogP contribution in [0.2, 0.25) is 0 Å². The van der Waals surface area contributed by atoms with Crippen LogP contribution >= 0.6 is 0 Å². The van der Waals surface area contributed by atoms with Crippen LogP contribution in [0.1, 0.15) is 24.5 Å². The molecule has 25 heavy (non-hydrogen) atoms. The van der Waals surface area contributed by atoms with E-state index in [1.807, 2.05) is 60.4 Å². The molecule has 0 spiro atoms. The Bertz CT molecular complexity index is 870. The number of hydrogen-bond acceptors (Lipinski definition) is 3. The summed E-state index contributed by atoms with van der Waals surface area (Å²) in [7, 11) is 0. The SMILES string of the molecule is CCCN1C(=O)C(c2ccccc2)=C(N2CCc3ccccc32)C1=O. The summed E-state index contributed by atoms with van der Waals surface area (Å²) in [6.45, 7) is 3.16. The van der Waals surface area contributed by atoms with Crippen LogP contribution in [0.15, 0.2) is 60.3 Å². The largest absolute Gasteiger partial charge is 0.336 e. The average molecular weight is 332 g/mol. The molecule has 4 heteroatoms. The fourth-order valence-electron chi connectivity index (χ4n) is 3.68. The molecule has 0 radical (unpaired) electrons. The summed E-state index contributed by atoms with van der Waals surface area (Å²) in [5.41, 5.74) is 4.10. The zero-order valence-corrected chi connectivity index (χ0v) is 14.2. The third-order valence-corrected chi connectivity index (χ3v) is 4.81. The predicted molar refractivity (Wildman–Crippen MR) is 97.9 cm³/mol. The Kier molecular flexibility index (Phi) is 3.88. The van der Waals surface area contributed by atoms with Crippen molar-refractivity contribution in [3.05, 3.63) is 71.4 Å². The van der Waals surface area contributed by atoms with Crippen LogP contribution in [0, 0.1) is 0 Å². The molecule has 4 nitrogen and oxygen atoms in total. The van der Waals surface area contributed by atoms with E-state index in [0.29, 0.717) is 17.8 Å². The van der Waals surface area contributed by atoms with E-state index < -0.39 is 0 Å². The van der Waals surface area contributed by atoms with Crippen LogP contribution in [0.3, 0.4) is 0 Å². The molecule has 2 aliphatic heterocycles. The van der Waals surface area contributed by atoms with E-state index in [4.69, 9.17) is 0 Å². The standard InChI is InChI=1S/C21H20N2O2/c1-2-13-23-20(24)18(16-9-4-3-5-10-16)19(21(23)25)22-14-12-15-8-6-7-11-17(15)22/h3-11H,2,12-14H2,1H3. The van der Waals surface area contributed by atoms with Crippen molar-refractivity contribution in [2.24, 2.45) is 0 Å². The van der Waals surface area contributed by atoms with Crippen molar-refractivity contribution in [1.29, 1.82) is 0 Å². The molecule has 0 aliphatic carbocycles. The monoisotopic (exact) mass is 332 g/mol. The quantitative estimate of drug-likeness (QED) is 0.807. The fourth-order valence-corrected chi connectivity index (χ4v) is 3.68. The number of carbonyl (C=O) groups excluding carboxylic acids is 2. The van der Waals surface area contributed by atoms with E-state index in [2.05, 4.69) is 6.07 Å².